The summed E-state index contributed by atoms with van der Waals surface area (Å²) in [5.74, 6) is 0. The lowest BCUT2D eigenvalue weighted by atomic mass is 9.97. The molecule has 1 aliphatic carbocycles. The lowest BCUT2D eigenvalue weighted by Crippen LogP contribution is -2.17. The van der Waals surface area contributed by atoms with Crippen molar-refractivity contribution in [1.82, 2.24) is 0 Å². The van der Waals surface area contributed by atoms with Crippen LogP contribution in [-0.2, 0) is 4.74 Å². The van der Waals surface area contributed by atoms with E-state index in [2.05, 4.69) is 0 Å². The zero-order chi connectivity index (χ0) is 6.69. The summed E-state index contributed by atoms with van der Waals surface area (Å²) in [4.78, 5) is 0. The normalized spacial score (nSPS) is 30.7. The Morgan fingerprint density at radius 3 is 2.89 bits per heavy atom. The zero-order valence-electron chi connectivity index (χ0n) is 5.69. The molecule has 0 aromatic heterocycles. The van der Waals surface area contributed by atoms with Gasteiger partial charge in [-0.05, 0) is 25.7 Å². The van der Waals surface area contributed by atoms with E-state index in [1.54, 1.807) is 7.11 Å². The highest BCUT2D eigenvalue weighted by molar-refractivity contribution is 6.26. The Labute approximate surface area is 61.3 Å². The first-order valence-electron chi connectivity index (χ1n) is 3.36. The van der Waals surface area contributed by atoms with E-state index in [0.29, 0.717) is 6.10 Å². The van der Waals surface area contributed by atoms with Gasteiger partial charge in [-0.15, -0.1) is 11.6 Å². The van der Waals surface area contributed by atoms with E-state index in [-0.39, 0.29) is 0 Å². The fourth-order valence-electron chi connectivity index (χ4n) is 1.17. The van der Waals surface area contributed by atoms with Gasteiger partial charge in [0.2, 0.25) is 0 Å². The molecule has 0 amide bonds. The lowest BCUT2D eigenvalue weighted by molar-refractivity contribution is 0.0815. The summed E-state index contributed by atoms with van der Waals surface area (Å²) in [6, 6.07) is 0. The van der Waals surface area contributed by atoms with Crippen LogP contribution in [0.25, 0.3) is 0 Å². The molecule has 0 saturated heterocycles. The largest absolute Gasteiger partial charge is 0.381 e. The minimum atomic E-state index is 0.395. The van der Waals surface area contributed by atoms with Crippen LogP contribution in [0.3, 0.4) is 0 Å². The second kappa shape index (κ2) is 3.43. The van der Waals surface area contributed by atoms with Crippen LogP contribution >= 0.6 is 11.6 Å². The molecule has 2 heteroatoms. The van der Waals surface area contributed by atoms with Crippen molar-refractivity contribution < 1.29 is 4.74 Å². The van der Waals surface area contributed by atoms with Crippen LogP contribution in [0.2, 0.25) is 0 Å². The first-order valence-corrected chi connectivity index (χ1v) is 3.73. The van der Waals surface area contributed by atoms with Crippen LogP contribution in [0.15, 0.2) is 0 Å². The van der Waals surface area contributed by atoms with Gasteiger partial charge in [-0.3, -0.25) is 0 Å². The Morgan fingerprint density at radius 2 is 2.44 bits per heavy atom. The molecule has 1 radical (unpaired) electrons. The Balaban J connectivity index is 2.23. The van der Waals surface area contributed by atoms with Gasteiger partial charge in [-0.1, -0.05) is 0 Å². The van der Waals surface area contributed by atoms with Crippen molar-refractivity contribution in [2.45, 2.75) is 31.8 Å². The molecule has 1 aliphatic rings. The zero-order valence-corrected chi connectivity index (χ0v) is 6.45. The molecule has 0 bridgehead atoms. The number of ether oxygens (including phenoxy) is 1. The molecular weight excluding hydrogens is 136 g/mol. The summed E-state index contributed by atoms with van der Waals surface area (Å²) in [5, 5.41) is 1.08. The molecule has 1 saturated carbocycles. The Morgan fingerprint density at radius 1 is 1.67 bits per heavy atom. The van der Waals surface area contributed by atoms with Gasteiger partial charge >= 0.3 is 0 Å². The molecule has 1 fully saturated rings. The summed E-state index contributed by atoms with van der Waals surface area (Å²) in [6.45, 7) is 0. The van der Waals surface area contributed by atoms with Crippen molar-refractivity contribution in [2.75, 3.05) is 7.11 Å². The topological polar surface area (TPSA) is 9.23 Å². The molecule has 0 aromatic rings. The number of halogens is 1. The highest BCUT2D eigenvalue weighted by Crippen LogP contribution is 2.30. The van der Waals surface area contributed by atoms with Crippen LogP contribution in [0.4, 0.5) is 0 Å². The summed E-state index contributed by atoms with van der Waals surface area (Å²) in [5.41, 5.74) is 0. The number of rotatable bonds is 1. The van der Waals surface area contributed by atoms with Crippen molar-refractivity contribution in [1.29, 1.82) is 0 Å². The fraction of sp³-hybridized carbons (Fsp3) is 0.857. The Hall–Kier alpha value is 0.250. The molecule has 53 valence electrons. The van der Waals surface area contributed by atoms with Crippen LogP contribution in [0.1, 0.15) is 25.7 Å². The lowest BCUT2D eigenvalue weighted by Gasteiger charge is -2.22. The summed E-state index contributed by atoms with van der Waals surface area (Å²) in [6.07, 6.45) is 4.80. The number of hydrogen-bond donors (Lipinski definition) is 0. The van der Waals surface area contributed by atoms with E-state index >= 15 is 0 Å². The summed E-state index contributed by atoms with van der Waals surface area (Å²) in [7, 11) is 1.75. The maximum Gasteiger partial charge on any atom is 0.0663 e. The monoisotopic (exact) mass is 147 g/mol. The Bertz CT molecular complexity index is 85.0. The molecule has 1 rings (SSSR count). The van der Waals surface area contributed by atoms with Gasteiger partial charge in [-0.25, -0.2) is 0 Å². The molecule has 0 heterocycles. The average molecular weight is 148 g/mol. The molecule has 9 heavy (non-hydrogen) atoms. The third kappa shape index (κ3) is 2.15. The van der Waals surface area contributed by atoms with Crippen molar-refractivity contribution in [3.05, 3.63) is 5.38 Å². The molecule has 1 atom stereocenters. The minimum absolute atomic E-state index is 0.395. The third-order valence-corrected chi connectivity index (χ3v) is 2.10. The van der Waals surface area contributed by atoms with Crippen LogP contribution < -0.4 is 0 Å². The molecular formula is C7H12ClO. The SMILES string of the molecule is COC1CCC[C](Cl)C1. The van der Waals surface area contributed by atoms with E-state index in [1.165, 1.54) is 12.8 Å². The van der Waals surface area contributed by atoms with E-state index in [0.717, 1.165) is 18.2 Å². The second-order valence-electron chi connectivity index (χ2n) is 2.47. The van der Waals surface area contributed by atoms with Gasteiger partial charge in [0.25, 0.3) is 0 Å². The van der Waals surface area contributed by atoms with Crippen molar-refractivity contribution in [3.63, 3.8) is 0 Å². The van der Waals surface area contributed by atoms with Crippen LogP contribution in [0.5, 0.6) is 0 Å². The number of hydrogen-bond acceptors (Lipinski definition) is 1. The fourth-order valence-corrected chi connectivity index (χ4v) is 1.48. The standard InChI is InChI=1S/C7H12ClO/c1-9-7-4-2-3-6(8)5-7/h7H,2-5H2,1H3. The highest BCUT2D eigenvalue weighted by Gasteiger charge is 2.19. The van der Waals surface area contributed by atoms with Crippen molar-refractivity contribution in [3.8, 4) is 0 Å². The predicted molar refractivity (Wildman–Crippen MR) is 38.4 cm³/mol. The summed E-state index contributed by atoms with van der Waals surface area (Å²) < 4.78 is 5.16. The van der Waals surface area contributed by atoms with Gasteiger partial charge < -0.3 is 4.74 Å². The first-order chi connectivity index (χ1) is 4.33. The molecule has 0 aliphatic heterocycles. The maximum absolute atomic E-state index is 5.83. The molecule has 0 N–H and O–H groups in total. The van der Waals surface area contributed by atoms with Crippen molar-refractivity contribution in [2.24, 2.45) is 0 Å². The van der Waals surface area contributed by atoms with E-state index in [1.807, 2.05) is 0 Å². The minimum Gasteiger partial charge on any atom is -0.381 e. The second-order valence-corrected chi connectivity index (χ2v) is 3.01. The van der Waals surface area contributed by atoms with E-state index < -0.39 is 0 Å². The number of methoxy groups -OCH3 is 1. The van der Waals surface area contributed by atoms with E-state index in [4.69, 9.17) is 16.3 Å². The van der Waals surface area contributed by atoms with Gasteiger partial charge in [-0.2, -0.15) is 0 Å². The Kier molecular flexibility index (Phi) is 2.80. The first kappa shape index (κ1) is 7.36. The molecule has 1 unspecified atom stereocenters. The smallest absolute Gasteiger partial charge is 0.0663 e. The van der Waals surface area contributed by atoms with Crippen LogP contribution in [0, 0.1) is 5.38 Å². The molecule has 0 spiro atoms. The third-order valence-electron chi connectivity index (χ3n) is 1.76. The van der Waals surface area contributed by atoms with Gasteiger partial charge in [0.15, 0.2) is 0 Å². The van der Waals surface area contributed by atoms with E-state index in [9.17, 15) is 0 Å². The molecule has 0 aromatic carbocycles. The average Bonchev–Trinajstić information content (AvgIpc) is 1.88. The van der Waals surface area contributed by atoms with Crippen LogP contribution in [-0.4, -0.2) is 13.2 Å². The quantitative estimate of drug-likeness (QED) is 0.553. The predicted octanol–water partition coefficient (Wildman–Crippen LogP) is 2.35. The van der Waals surface area contributed by atoms with Gasteiger partial charge in [0.05, 0.1) is 11.5 Å². The summed E-state index contributed by atoms with van der Waals surface area (Å²) >= 11 is 5.83. The molecule has 1 nitrogen and oxygen atoms in total. The van der Waals surface area contributed by atoms with Gasteiger partial charge in [0, 0.05) is 7.11 Å². The highest BCUT2D eigenvalue weighted by atomic mass is 35.5. The van der Waals surface area contributed by atoms with Crippen molar-refractivity contribution >= 4 is 11.6 Å². The van der Waals surface area contributed by atoms with Gasteiger partial charge in [0.1, 0.15) is 0 Å². The maximum atomic E-state index is 5.83.